The Morgan fingerprint density at radius 2 is 1.80 bits per heavy atom. The van der Waals surface area contributed by atoms with Crippen LogP contribution in [0.5, 0.6) is 0 Å². The first kappa shape index (κ1) is 17.7. The van der Waals surface area contributed by atoms with Gasteiger partial charge in [0.2, 0.25) is 0 Å². The summed E-state index contributed by atoms with van der Waals surface area (Å²) in [6.07, 6.45) is 2.16. The summed E-state index contributed by atoms with van der Waals surface area (Å²) >= 11 is 0. The Hall–Kier alpha value is -2.14. The predicted octanol–water partition coefficient (Wildman–Crippen LogP) is 2.90. The molecule has 1 amide bonds. The van der Waals surface area contributed by atoms with E-state index in [0.29, 0.717) is 5.92 Å². The molecule has 1 saturated heterocycles. The average Bonchev–Trinajstić information content (AvgIpc) is 2.90. The summed E-state index contributed by atoms with van der Waals surface area (Å²) in [5, 5.41) is 4.61. The van der Waals surface area contributed by atoms with Gasteiger partial charge in [0, 0.05) is 19.6 Å². The molecule has 1 aliphatic rings. The Kier molecular flexibility index (Phi) is 5.23. The molecule has 0 spiro atoms. The van der Waals surface area contributed by atoms with Crippen molar-refractivity contribution in [3.05, 3.63) is 47.3 Å². The van der Waals surface area contributed by atoms with Crippen LogP contribution in [0.3, 0.4) is 0 Å². The summed E-state index contributed by atoms with van der Waals surface area (Å²) in [7, 11) is 4.23. The molecule has 0 bridgehead atoms. The van der Waals surface area contributed by atoms with Crippen LogP contribution in [0.15, 0.2) is 30.3 Å². The number of aryl methyl sites for hydroxylation is 1. The summed E-state index contributed by atoms with van der Waals surface area (Å²) in [4.78, 5) is 17.3. The fourth-order valence-electron chi connectivity index (χ4n) is 3.77. The number of rotatable bonds is 4. The number of hydrogen-bond acceptors (Lipinski definition) is 3. The third-order valence-electron chi connectivity index (χ3n) is 5.03. The van der Waals surface area contributed by atoms with Crippen LogP contribution in [-0.2, 0) is 0 Å². The summed E-state index contributed by atoms with van der Waals surface area (Å²) in [5.41, 5.74) is 3.48. The topological polar surface area (TPSA) is 41.4 Å². The molecule has 5 heteroatoms. The molecule has 1 fully saturated rings. The summed E-state index contributed by atoms with van der Waals surface area (Å²) < 4.78 is 1.88. The number of piperidine rings is 1. The summed E-state index contributed by atoms with van der Waals surface area (Å²) in [5.74, 6) is 0.814. The van der Waals surface area contributed by atoms with E-state index in [2.05, 4.69) is 24.1 Å². The van der Waals surface area contributed by atoms with Crippen LogP contribution in [0.4, 0.5) is 0 Å². The number of amides is 1. The van der Waals surface area contributed by atoms with Gasteiger partial charge in [-0.2, -0.15) is 5.10 Å². The van der Waals surface area contributed by atoms with E-state index in [-0.39, 0.29) is 5.91 Å². The van der Waals surface area contributed by atoms with Crippen LogP contribution in [0.1, 0.15) is 34.6 Å². The second-order valence-corrected chi connectivity index (χ2v) is 7.29. The van der Waals surface area contributed by atoms with Crippen LogP contribution >= 0.6 is 0 Å². The van der Waals surface area contributed by atoms with Gasteiger partial charge >= 0.3 is 0 Å². The second-order valence-electron chi connectivity index (χ2n) is 7.29. The van der Waals surface area contributed by atoms with Gasteiger partial charge in [-0.15, -0.1) is 0 Å². The van der Waals surface area contributed by atoms with Crippen LogP contribution in [-0.4, -0.2) is 59.2 Å². The molecule has 3 rings (SSSR count). The number of para-hydroxylation sites is 1. The van der Waals surface area contributed by atoms with Crippen LogP contribution in [0.2, 0.25) is 0 Å². The first-order chi connectivity index (χ1) is 12.0. The molecule has 5 nitrogen and oxygen atoms in total. The molecule has 1 aliphatic heterocycles. The fraction of sp³-hybridized carbons (Fsp3) is 0.500. The van der Waals surface area contributed by atoms with Crippen molar-refractivity contribution in [3.63, 3.8) is 0 Å². The molecule has 1 aromatic heterocycles. The lowest BCUT2D eigenvalue weighted by Crippen LogP contribution is -2.41. The number of hydrogen-bond donors (Lipinski definition) is 0. The Bertz CT molecular complexity index is 728. The molecule has 0 unspecified atom stereocenters. The number of aromatic nitrogens is 2. The molecule has 134 valence electrons. The van der Waals surface area contributed by atoms with Crippen LogP contribution < -0.4 is 0 Å². The highest BCUT2D eigenvalue weighted by Gasteiger charge is 2.28. The van der Waals surface area contributed by atoms with Gasteiger partial charge in [0.05, 0.1) is 22.6 Å². The number of carbonyl (C=O) groups is 1. The van der Waals surface area contributed by atoms with Crippen molar-refractivity contribution in [2.24, 2.45) is 5.92 Å². The van der Waals surface area contributed by atoms with Gasteiger partial charge in [-0.05, 0) is 58.8 Å². The zero-order chi connectivity index (χ0) is 18.0. The lowest BCUT2D eigenvalue weighted by atomic mass is 9.96. The minimum Gasteiger partial charge on any atom is -0.339 e. The zero-order valence-electron chi connectivity index (χ0n) is 15.7. The number of nitrogens with zero attached hydrogens (tertiary/aromatic N) is 4. The molecule has 1 aromatic carbocycles. The lowest BCUT2D eigenvalue weighted by molar-refractivity contribution is 0.0676. The van der Waals surface area contributed by atoms with Crippen molar-refractivity contribution in [1.82, 2.24) is 19.6 Å². The van der Waals surface area contributed by atoms with Crippen molar-refractivity contribution in [2.75, 3.05) is 33.7 Å². The number of benzene rings is 1. The van der Waals surface area contributed by atoms with E-state index in [0.717, 1.165) is 55.1 Å². The summed E-state index contributed by atoms with van der Waals surface area (Å²) in [6.45, 7) is 6.70. The number of likely N-dealkylation sites (tertiary alicyclic amines) is 1. The Morgan fingerprint density at radius 3 is 2.40 bits per heavy atom. The molecule has 25 heavy (non-hydrogen) atoms. The second kappa shape index (κ2) is 7.40. The predicted molar refractivity (Wildman–Crippen MR) is 100 cm³/mol. The Labute approximate surface area is 150 Å². The van der Waals surface area contributed by atoms with E-state index in [1.807, 2.05) is 53.8 Å². The van der Waals surface area contributed by atoms with E-state index < -0.39 is 0 Å². The third kappa shape index (κ3) is 3.76. The van der Waals surface area contributed by atoms with Crippen LogP contribution in [0.25, 0.3) is 5.69 Å². The van der Waals surface area contributed by atoms with Crippen molar-refractivity contribution >= 4 is 5.91 Å². The zero-order valence-corrected chi connectivity index (χ0v) is 15.7. The van der Waals surface area contributed by atoms with Gasteiger partial charge < -0.3 is 9.80 Å². The maximum atomic E-state index is 13.1. The van der Waals surface area contributed by atoms with Gasteiger partial charge in [-0.25, -0.2) is 4.68 Å². The SMILES string of the molecule is Cc1nn(-c2ccccc2)c(C)c1C(=O)N1CCC(CN(C)C)CC1. The number of carbonyl (C=O) groups excluding carboxylic acids is 1. The van der Waals surface area contributed by atoms with Gasteiger partial charge in [-0.3, -0.25) is 4.79 Å². The quantitative estimate of drug-likeness (QED) is 0.859. The molecule has 0 radical (unpaired) electrons. The largest absolute Gasteiger partial charge is 0.339 e. The van der Waals surface area contributed by atoms with Crippen molar-refractivity contribution in [2.45, 2.75) is 26.7 Å². The fourth-order valence-corrected chi connectivity index (χ4v) is 3.77. The van der Waals surface area contributed by atoms with E-state index in [1.165, 1.54) is 0 Å². The van der Waals surface area contributed by atoms with E-state index in [9.17, 15) is 4.79 Å². The minimum atomic E-state index is 0.125. The Balaban J connectivity index is 1.76. The molecule has 2 heterocycles. The third-order valence-corrected chi connectivity index (χ3v) is 5.03. The molecular weight excluding hydrogens is 312 g/mol. The normalized spacial score (nSPS) is 15.8. The molecular formula is C20H28N4O. The van der Waals surface area contributed by atoms with E-state index in [4.69, 9.17) is 0 Å². The minimum absolute atomic E-state index is 0.125. The maximum Gasteiger partial charge on any atom is 0.257 e. The highest BCUT2D eigenvalue weighted by Crippen LogP contribution is 2.23. The lowest BCUT2D eigenvalue weighted by Gasteiger charge is -2.33. The van der Waals surface area contributed by atoms with Crippen LogP contribution in [0, 0.1) is 19.8 Å². The van der Waals surface area contributed by atoms with Gasteiger partial charge in [0.1, 0.15) is 0 Å². The highest BCUT2D eigenvalue weighted by atomic mass is 16.2. The summed E-state index contributed by atoms with van der Waals surface area (Å²) in [6, 6.07) is 9.99. The maximum absolute atomic E-state index is 13.1. The molecule has 2 aromatic rings. The van der Waals surface area contributed by atoms with Crippen molar-refractivity contribution in [3.8, 4) is 5.69 Å². The average molecular weight is 340 g/mol. The van der Waals surface area contributed by atoms with Crippen molar-refractivity contribution in [1.29, 1.82) is 0 Å². The van der Waals surface area contributed by atoms with Crippen molar-refractivity contribution < 1.29 is 4.79 Å². The van der Waals surface area contributed by atoms with E-state index >= 15 is 0 Å². The first-order valence-electron chi connectivity index (χ1n) is 9.03. The van der Waals surface area contributed by atoms with Gasteiger partial charge in [0.15, 0.2) is 0 Å². The molecule has 0 saturated carbocycles. The molecule has 0 atom stereocenters. The molecule has 0 N–H and O–H groups in total. The van der Waals surface area contributed by atoms with E-state index in [1.54, 1.807) is 0 Å². The highest BCUT2D eigenvalue weighted by molar-refractivity contribution is 5.96. The first-order valence-corrected chi connectivity index (χ1v) is 9.03. The monoisotopic (exact) mass is 340 g/mol. The smallest absolute Gasteiger partial charge is 0.257 e. The standard InChI is InChI=1S/C20H28N4O/c1-15-19(16(2)24(21-15)18-8-6-5-7-9-18)20(25)23-12-10-17(11-13-23)14-22(3)4/h5-9,17H,10-14H2,1-4H3. The van der Waals surface area contributed by atoms with Gasteiger partial charge in [-0.1, -0.05) is 18.2 Å². The Morgan fingerprint density at radius 1 is 1.16 bits per heavy atom. The van der Waals surface area contributed by atoms with Gasteiger partial charge in [0.25, 0.3) is 5.91 Å². The molecule has 0 aliphatic carbocycles.